The molecule has 2 heteroatoms. The first-order valence-corrected chi connectivity index (χ1v) is 8.48. The fourth-order valence-electron chi connectivity index (χ4n) is 2.62. The molecule has 0 atom stereocenters. The quantitative estimate of drug-likeness (QED) is 0.511. The zero-order valence-corrected chi connectivity index (χ0v) is 13.3. The van der Waals surface area contributed by atoms with E-state index in [1.807, 2.05) is 36.4 Å². The summed E-state index contributed by atoms with van der Waals surface area (Å²) in [6.07, 6.45) is 12.7. The molecule has 4 rings (SSSR count). The third-order valence-electron chi connectivity index (χ3n) is 3.75. The van der Waals surface area contributed by atoms with Crippen molar-refractivity contribution < 1.29 is 4.42 Å². The van der Waals surface area contributed by atoms with Crippen LogP contribution < -0.4 is 0 Å². The minimum atomic E-state index is 0.895. The summed E-state index contributed by atoms with van der Waals surface area (Å²) >= 11 is 1.72. The summed E-state index contributed by atoms with van der Waals surface area (Å²) in [4.78, 5) is 1.20. The van der Waals surface area contributed by atoms with E-state index in [1.54, 1.807) is 11.3 Å². The number of benzene rings is 1. The highest BCUT2D eigenvalue weighted by Crippen LogP contribution is 2.37. The lowest BCUT2D eigenvalue weighted by atomic mass is 10.1. The Morgan fingerprint density at radius 2 is 1.78 bits per heavy atom. The molecule has 2 heterocycles. The van der Waals surface area contributed by atoms with Crippen LogP contribution in [-0.2, 0) is 0 Å². The molecule has 110 valence electrons. The number of allylic oxidation sites excluding steroid dienone is 6. The van der Waals surface area contributed by atoms with Crippen molar-refractivity contribution in [2.45, 2.75) is 6.42 Å². The Labute approximate surface area is 139 Å². The van der Waals surface area contributed by atoms with Crippen LogP contribution in [0.5, 0.6) is 0 Å². The van der Waals surface area contributed by atoms with Crippen LogP contribution in [0.4, 0.5) is 0 Å². The van der Waals surface area contributed by atoms with E-state index in [0.29, 0.717) is 0 Å². The van der Waals surface area contributed by atoms with Gasteiger partial charge in [0.1, 0.15) is 16.4 Å². The van der Waals surface area contributed by atoms with Crippen molar-refractivity contribution in [3.63, 3.8) is 0 Å². The topological polar surface area (TPSA) is 13.1 Å². The number of hydrogen-bond donors (Lipinski definition) is 0. The maximum absolute atomic E-state index is 6.10. The second-order valence-corrected chi connectivity index (χ2v) is 6.21. The third kappa shape index (κ3) is 2.83. The lowest BCUT2D eigenvalue weighted by molar-refractivity contribution is 0.597. The summed E-state index contributed by atoms with van der Waals surface area (Å²) < 4.78 is 6.10. The van der Waals surface area contributed by atoms with Gasteiger partial charge in [0.2, 0.25) is 0 Å². The van der Waals surface area contributed by atoms with E-state index in [1.165, 1.54) is 4.88 Å². The van der Waals surface area contributed by atoms with Crippen LogP contribution in [0.2, 0.25) is 0 Å². The summed E-state index contributed by atoms with van der Waals surface area (Å²) in [6.45, 7) is 0. The van der Waals surface area contributed by atoms with Crippen molar-refractivity contribution in [1.29, 1.82) is 0 Å². The van der Waals surface area contributed by atoms with E-state index in [2.05, 4.69) is 47.9 Å². The predicted molar refractivity (Wildman–Crippen MR) is 97.0 cm³/mol. The Balaban J connectivity index is 1.73. The first kappa shape index (κ1) is 14.0. The number of thiophene rings is 1. The van der Waals surface area contributed by atoms with Gasteiger partial charge in [-0.15, -0.1) is 0 Å². The van der Waals surface area contributed by atoms with E-state index in [-0.39, 0.29) is 0 Å². The number of rotatable bonds is 3. The van der Waals surface area contributed by atoms with Gasteiger partial charge in [0.25, 0.3) is 0 Å². The van der Waals surface area contributed by atoms with Crippen LogP contribution in [0.3, 0.4) is 0 Å². The second kappa shape index (κ2) is 6.21. The number of furan rings is 1. The summed E-state index contributed by atoms with van der Waals surface area (Å²) in [5.41, 5.74) is 3.33. The van der Waals surface area contributed by atoms with Crippen molar-refractivity contribution in [3.8, 4) is 22.6 Å². The van der Waals surface area contributed by atoms with E-state index >= 15 is 0 Å². The zero-order valence-electron chi connectivity index (χ0n) is 12.5. The van der Waals surface area contributed by atoms with Crippen LogP contribution >= 0.6 is 11.3 Å². The summed E-state index contributed by atoms with van der Waals surface area (Å²) in [6, 6.07) is 16.4. The first-order chi connectivity index (χ1) is 11.4. The zero-order chi connectivity index (χ0) is 15.5. The molecule has 1 aliphatic rings. The second-order valence-electron chi connectivity index (χ2n) is 5.29. The molecular formula is C21H15OS+. The van der Waals surface area contributed by atoms with Gasteiger partial charge in [0.15, 0.2) is 5.57 Å². The fraction of sp³-hybridized carbons (Fsp3) is 0.0476. The molecule has 0 N–H and O–H groups in total. The Bertz CT molecular complexity index is 891. The van der Waals surface area contributed by atoms with Gasteiger partial charge in [-0.25, -0.2) is 0 Å². The summed E-state index contributed by atoms with van der Waals surface area (Å²) in [7, 11) is 0. The summed E-state index contributed by atoms with van der Waals surface area (Å²) in [5, 5.41) is 2.10. The SMILES string of the molecule is [C+]1=C(c2sccc2-c2ccc(-c3ccccc3)o2)C=CCC=C1. The van der Waals surface area contributed by atoms with E-state index in [4.69, 9.17) is 4.42 Å². The minimum absolute atomic E-state index is 0.895. The standard InChI is InChI=1S/C21H15OS/c1-2-5-11-17(10-4-1)21-18(14-15-23-21)20-13-12-19(22-20)16-8-6-3-7-9-16/h1,3-9,11-15H,2H2/q+1. The van der Waals surface area contributed by atoms with Crippen molar-refractivity contribution in [3.05, 3.63) is 89.2 Å². The molecule has 1 aliphatic carbocycles. The van der Waals surface area contributed by atoms with Crippen molar-refractivity contribution in [2.24, 2.45) is 0 Å². The van der Waals surface area contributed by atoms with Crippen LogP contribution in [0.15, 0.2) is 82.6 Å². The molecule has 23 heavy (non-hydrogen) atoms. The largest absolute Gasteiger partial charge is 0.455 e. The minimum Gasteiger partial charge on any atom is -0.455 e. The molecule has 3 aromatic rings. The Morgan fingerprint density at radius 1 is 0.913 bits per heavy atom. The van der Waals surface area contributed by atoms with E-state index in [9.17, 15) is 0 Å². The average Bonchev–Trinajstić information content (AvgIpc) is 3.19. The molecule has 0 radical (unpaired) electrons. The maximum Gasteiger partial charge on any atom is 0.164 e. The normalized spacial score (nSPS) is 13.5. The monoisotopic (exact) mass is 315 g/mol. The van der Waals surface area contributed by atoms with Gasteiger partial charge >= 0.3 is 0 Å². The van der Waals surface area contributed by atoms with E-state index in [0.717, 1.165) is 34.6 Å². The first-order valence-electron chi connectivity index (χ1n) is 7.60. The smallest absolute Gasteiger partial charge is 0.164 e. The Kier molecular flexibility index (Phi) is 3.77. The highest BCUT2D eigenvalue weighted by atomic mass is 32.1. The summed E-state index contributed by atoms with van der Waals surface area (Å²) in [5.74, 6) is 1.79. The van der Waals surface area contributed by atoms with Gasteiger partial charge in [-0.3, -0.25) is 0 Å². The lowest BCUT2D eigenvalue weighted by Gasteiger charge is -1.97. The van der Waals surface area contributed by atoms with Gasteiger partial charge < -0.3 is 4.42 Å². The molecule has 0 saturated heterocycles. The van der Waals surface area contributed by atoms with Crippen LogP contribution in [0.25, 0.3) is 28.2 Å². The van der Waals surface area contributed by atoms with Gasteiger partial charge in [0.05, 0.1) is 11.6 Å². The molecule has 0 spiro atoms. The van der Waals surface area contributed by atoms with E-state index < -0.39 is 0 Å². The molecule has 2 aromatic heterocycles. The average molecular weight is 315 g/mol. The van der Waals surface area contributed by atoms with Gasteiger partial charge in [-0.1, -0.05) is 41.7 Å². The predicted octanol–water partition coefficient (Wildman–Crippen LogP) is 6.38. The van der Waals surface area contributed by atoms with Crippen molar-refractivity contribution in [1.82, 2.24) is 0 Å². The molecule has 0 unspecified atom stereocenters. The molecule has 0 saturated carbocycles. The number of hydrogen-bond acceptors (Lipinski definition) is 2. The van der Waals surface area contributed by atoms with Crippen LogP contribution in [-0.4, -0.2) is 0 Å². The molecule has 0 bridgehead atoms. The maximum atomic E-state index is 6.10. The van der Waals surface area contributed by atoms with Crippen molar-refractivity contribution >= 4 is 16.9 Å². The molecule has 1 nitrogen and oxygen atoms in total. The van der Waals surface area contributed by atoms with Crippen LogP contribution in [0, 0.1) is 6.08 Å². The highest BCUT2D eigenvalue weighted by Gasteiger charge is 2.19. The highest BCUT2D eigenvalue weighted by molar-refractivity contribution is 7.11. The third-order valence-corrected chi connectivity index (χ3v) is 4.70. The molecule has 0 fully saturated rings. The van der Waals surface area contributed by atoms with Gasteiger partial charge in [-0.2, -0.15) is 0 Å². The molecule has 0 aliphatic heterocycles. The molecule has 1 aromatic carbocycles. The van der Waals surface area contributed by atoms with Crippen molar-refractivity contribution in [2.75, 3.05) is 0 Å². The lowest BCUT2D eigenvalue weighted by Crippen LogP contribution is -1.80. The van der Waals surface area contributed by atoms with Gasteiger partial charge in [0, 0.05) is 29.5 Å². The fourth-order valence-corrected chi connectivity index (χ4v) is 3.51. The molecular weight excluding hydrogens is 300 g/mol. The van der Waals surface area contributed by atoms with Crippen LogP contribution in [0.1, 0.15) is 11.3 Å². The Hall–Kier alpha value is -2.67. The Morgan fingerprint density at radius 3 is 2.70 bits per heavy atom. The van der Waals surface area contributed by atoms with Gasteiger partial charge in [-0.05, 0) is 30.4 Å². The molecule has 0 amide bonds.